The van der Waals surface area contributed by atoms with Crippen molar-refractivity contribution in [1.82, 2.24) is 9.80 Å². The predicted octanol–water partition coefficient (Wildman–Crippen LogP) is 6.41. The molecule has 5 heteroatoms. The summed E-state index contributed by atoms with van der Waals surface area (Å²) in [5, 5.41) is 1.57. The van der Waals surface area contributed by atoms with Gasteiger partial charge in [-0.25, -0.2) is 0 Å². The maximum absolute atomic E-state index is 6.67. The van der Waals surface area contributed by atoms with Crippen molar-refractivity contribution in [3.05, 3.63) is 99.5 Å². The Morgan fingerprint density at radius 1 is 0.833 bits per heavy atom. The summed E-state index contributed by atoms with van der Waals surface area (Å²) >= 11 is 12.8. The van der Waals surface area contributed by atoms with Crippen molar-refractivity contribution in [3.8, 4) is 5.75 Å². The Kier molecular flexibility index (Phi) is 6.96. The average Bonchev–Trinajstić information content (AvgIpc) is 2.76. The zero-order valence-corrected chi connectivity index (χ0v) is 18.6. The highest BCUT2D eigenvalue weighted by atomic mass is 35.5. The summed E-state index contributed by atoms with van der Waals surface area (Å²) in [4.78, 5) is 5.02. The van der Waals surface area contributed by atoms with E-state index in [-0.39, 0.29) is 6.17 Å². The van der Waals surface area contributed by atoms with Crippen LogP contribution in [0.2, 0.25) is 10.0 Å². The van der Waals surface area contributed by atoms with E-state index in [9.17, 15) is 0 Å². The van der Waals surface area contributed by atoms with Crippen LogP contribution in [0, 0.1) is 0 Å². The van der Waals surface area contributed by atoms with Crippen LogP contribution in [0.15, 0.2) is 72.8 Å². The molecule has 0 saturated carbocycles. The van der Waals surface area contributed by atoms with E-state index in [4.69, 9.17) is 27.9 Å². The second-order valence-electron chi connectivity index (χ2n) is 7.67. The highest BCUT2D eigenvalue weighted by molar-refractivity contribution is 6.31. The highest BCUT2D eigenvalue weighted by Gasteiger charge is 2.32. The van der Waals surface area contributed by atoms with Crippen molar-refractivity contribution in [2.24, 2.45) is 0 Å². The lowest BCUT2D eigenvalue weighted by Gasteiger charge is -2.44. The Morgan fingerprint density at radius 2 is 1.53 bits per heavy atom. The van der Waals surface area contributed by atoms with Gasteiger partial charge in [-0.2, -0.15) is 0 Å². The van der Waals surface area contributed by atoms with Crippen molar-refractivity contribution in [2.75, 3.05) is 20.2 Å². The first kappa shape index (κ1) is 21.2. The molecule has 3 aromatic rings. The minimum atomic E-state index is 0.106. The van der Waals surface area contributed by atoms with E-state index in [1.54, 1.807) is 7.11 Å². The van der Waals surface area contributed by atoms with E-state index in [2.05, 4.69) is 46.2 Å². The van der Waals surface area contributed by atoms with E-state index in [1.807, 2.05) is 36.4 Å². The molecule has 3 aromatic carbocycles. The predicted molar refractivity (Wildman–Crippen MR) is 124 cm³/mol. The first-order valence-electron chi connectivity index (χ1n) is 10.2. The number of methoxy groups -OCH3 is 1. The van der Waals surface area contributed by atoms with Crippen LogP contribution >= 0.6 is 23.2 Å². The maximum Gasteiger partial charge on any atom is 0.119 e. The molecule has 1 aliphatic rings. The Morgan fingerprint density at radius 3 is 2.23 bits per heavy atom. The summed E-state index contributed by atoms with van der Waals surface area (Å²) in [6.45, 7) is 3.73. The van der Waals surface area contributed by atoms with Gasteiger partial charge in [0.25, 0.3) is 0 Å². The van der Waals surface area contributed by atoms with Crippen molar-refractivity contribution in [2.45, 2.75) is 25.7 Å². The van der Waals surface area contributed by atoms with E-state index in [1.165, 1.54) is 11.1 Å². The van der Waals surface area contributed by atoms with Crippen LogP contribution in [0.1, 0.15) is 29.3 Å². The zero-order valence-electron chi connectivity index (χ0n) is 17.1. The molecular formula is C25H26Cl2N2O. The lowest BCUT2D eigenvalue weighted by Crippen LogP contribution is -2.47. The van der Waals surface area contributed by atoms with Crippen molar-refractivity contribution in [3.63, 3.8) is 0 Å². The Bertz CT molecular complexity index is 977. The molecule has 1 fully saturated rings. The first-order valence-corrected chi connectivity index (χ1v) is 11.0. The molecule has 0 bridgehead atoms. The summed E-state index contributed by atoms with van der Waals surface area (Å²) in [5.74, 6) is 0.886. The quantitative estimate of drug-likeness (QED) is 0.440. The van der Waals surface area contributed by atoms with Gasteiger partial charge in [0.05, 0.1) is 13.3 Å². The lowest BCUT2D eigenvalue weighted by atomic mass is 10.0. The van der Waals surface area contributed by atoms with Gasteiger partial charge in [0.1, 0.15) is 5.75 Å². The molecule has 30 heavy (non-hydrogen) atoms. The van der Waals surface area contributed by atoms with Gasteiger partial charge in [-0.1, -0.05) is 65.7 Å². The second kappa shape index (κ2) is 9.84. The number of nitrogens with zero attached hydrogens (tertiary/aromatic N) is 2. The molecule has 3 nitrogen and oxygen atoms in total. The third kappa shape index (κ3) is 4.98. The highest BCUT2D eigenvalue weighted by Crippen LogP contribution is 2.35. The summed E-state index contributed by atoms with van der Waals surface area (Å²) < 4.78 is 5.42. The number of hydrogen-bond acceptors (Lipinski definition) is 3. The number of rotatable bonds is 6. The van der Waals surface area contributed by atoms with Gasteiger partial charge in [-0.15, -0.1) is 0 Å². The topological polar surface area (TPSA) is 15.7 Å². The molecule has 1 saturated heterocycles. The molecule has 0 N–H and O–H groups in total. The average molecular weight is 441 g/mol. The Hall–Kier alpha value is -2.04. The van der Waals surface area contributed by atoms with E-state index < -0.39 is 0 Å². The summed E-state index contributed by atoms with van der Waals surface area (Å²) in [6, 6.07) is 24.6. The molecule has 1 atom stereocenters. The van der Waals surface area contributed by atoms with E-state index in [0.29, 0.717) is 0 Å². The van der Waals surface area contributed by atoms with Gasteiger partial charge >= 0.3 is 0 Å². The van der Waals surface area contributed by atoms with Gasteiger partial charge in [0.2, 0.25) is 0 Å². The van der Waals surface area contributed by atoms with Gasteiger partial charge in [-0.05, 0) is 47.9 Å². The van der Waals surface area contributed by atoms with Crippen LogP contribution in [-0.4, -0.2) is 30.0 Å². The number of benzene rings is 3. The van der Waals surface area contributed by atoms with Crippen molar-refractivity contribution < 1.29 is 4.74 Å². The number of hydrogen-bond donors (Lipinski definition) is 0. The molecule has 0 aliphatic carbocycles. The largest absolute Gasteiger partial charge is 0.497 e. The Balaban J connectivity index is 1.65. The van der Waals surface area contributed by atoms with Crippen LogP contribution in [0.3, 0.4) is 0 Å². The van der Waals surface area contributed by atoms with Crippen LogP contribution in [0.5, 0.6) is 5.75 Å². The SMILES string of the molecule is COc1cccc(CN2CCCN(Cc3ccc(Cl)cc3)[C@H]2c2ccccc2Cl)c1. The monoisotopic (exact) mass is 440 g/mol. The van der Waals surface area contributed by atoms with E-state index >= 15 is 0 Å². The zero-order chi connectivity index (χ0) is 20.9. The molecule has 1 aliphatic heterocycles. The van der Waals surface area contributed by atoms with Crippen LogP contribution in [0.4, 0.5) is 0 Å². The molecule has 1 heterocycles. The van der Waals surface area contributed by atoms with Crippen molar-refractivity contribution >= 4 is 23.2 Å². The van der Waals surface area contributed by atoms with Crippen molar-refractivity contribution in [1.29, 1.82) is 0 Å². The summed E-state index contributed by atoms with van der Waals surface area (Å²) in [6.07, 6.45) is 1.22. The molecule has 0 aromatic heterocycles. The third-order valence-electron chi connectivity index (χ3n) is 5.58. The second-order valence-corrected chi connectivity index (χ2v) is 8.51. The van der Waals surface area contributed by atoms with E-state index in [0.717, 1.165) is 54.0 Å². The third-order valence-corrected chi connectivity index (χ3v) is 6.18. The molecular weight excluding hydrogens is 415 g/mol. The molecule has 0 radical (unpaired) electrons. The first-order chi connectivity index (χ1) is 14.6. The normalized spacial score (nSPS) is 17.8. The minimum absolute atomic E-state index is 0.106. The standard InChI is InChI=1S/C25H26Cl2N2O/c1-30-22-7-4-6-20(16-22)18-29-15-5-14-28(17-19-10-12-21(26)13-11-19)25(29)23-8-2-3-9-24(23)27/h2-4,6-13,16,25H,5,14-15,17-18H2,1H3/t25-/m1/s1. The fourth-order valence-electron chi connectivity index (χ4n) is 4.19. The van der Waals surface area contributed by atoms with Gasteiger partial charge in [0.15, 0.2) is 0 Å². The molecule has 0 amide bonds. The number of halogens is 2. The van der Waals surface area contributed by atoms with Crippen LogP contribution in [-0.2, 0) is 13.1 Å². The van der Waals surface area contributed by atoms with Crippen LogP contribution < -0.4 is 4.74 Å². The van der Waals surface area contributed by atoms with Crippen LogP contribution in [0.25, 0.3) is 0 Å². The van der Waals surface area contributed by atoms with Gasteiger partial charge in [0, 0.05) is 41.8 Å². The van der Waals surface area contributed by atoms with Gasteiger partial charge in [-0.3, -0.25) is 9.80 Å². The fourth-order valence-corrected chi connectivity index (χ4v) is 4.55. The Labute approximate surface area is 188 Å². The molecule has 0 unspecified atom stereocenters. The fraction of sp³-hybridized carbons (Fsp3) is 0.280. The molecule has 156 valence electrons. The molecule has 0 spiro atoms. The summed E-state index contributed by atoms with van der Waals surface area (Å²) in [5.41, 5.74) is 3.63. The molecule has 4 rings (SSSR count). The smallest absolute Gasteiger partial charge is 0.119 e. The lowest BCUT2D eigenvalue weighted by molar-refractivity contribution is -0.00905. The van der Waals surface area contributed by atoms with Gasteiger partial charge < -0.3 is 4.74 Å². The minimum Gasteiger partial charge on any atom is -0.497 e. The summed E-state index contributed by atoms with van der Waals surface area (Å²) in [7, 11) is 1.71. The number of ether oxygens (including phenoxy) is 1. The maximum atomic E-state index is 6.67.